The molecule has 6 nitrogen and oxygen atoms in total. The summed E-state index contributed by atoms with van der Waals surface area (Å²) in [5.41, 5.74) is 3.02. The first-order valence-corrected chi connectivity index (χ1v) is 10.7. The van der Waals surface area contributed by atoms with Crippen molar-refractivity contribution in [3.05, 3.63) is 88.1 Å². The zero-order valence-corrected chi connectivity index (χ0v) is 18.4. The van der Waals surface area contributed by atoms with Crippen LogP contribution in [-0.2, 0) is 0 Å². The second kappa shape index (κ2) is 9.24. The van der Waals surface area contributed by atoms with Crippen molar-refractivity contribution in [2.75, 3.05) is 12.4 Å². The number of methoxy groups -OCH3 is 1. The molecule has 4 aromatic rings. The topological polar surface area (TPSA) is 77.0 Å². The maximum absolute atomic E-state index is 13.0. The van der Waals surface area contributed by atoms with Crippen LogP contribution in [0, 0.1) is 0 Å². The van der Waals surface area contributed by atoms with Crippen molar-refractivity contribution < 1.29 is 9.53 Å². The highest BCUT2D eigenvalue weighted by molar-refractivity contribution is 7.15. The van der Waals surface area contributed by atoms with Gasteiger partial charge in [0.1, 0.15) is 10.8 Å². The number of carbonyl (C=O) groups excluding carboxylic acids is 1. The van der Waals surface area contributed by atoms with E-state index in [0.717, 1.165) is 16.1 Å². The Labute approximate surface area is 188 Å². The van der Waals surface area contributed by atoms with Crippen LogP contribution in [0.25, 0.3) is 11.1 Å². The van der Waals surface area contributed by atoms with Crippen LogP contribution in [0.3, 0.4) is 0 Å². The maximum atomic E-state index is 13.0. The third-order valence-electron chi connectivity index (χ3n) is 4.86. The number of benzene rings is 2. The molecule has 0 spiro atoms. The molecule has 0 saturated carbocycles. The fourth-order valence-electron chi connectivity index (χ4n) is 3.19. The molecule has 2 aromatic heterocycles. The van der Waals surface area contributed by atoms with Gasteiger partial charge in [0.2, 0.25) is 5.13 Å². The molecule has 8 heteroatoms. The molecule has 2 heterocycles. The molecule has 0 fully saturated rings. The summed E-state index contributed by atoms with van der Waals surface area (Å²) >= 11 is 7.32. The second-order valence-corrected chi connectivity index (χ2v) is 8.24. The van der Waals surface area contributed by atoms with E-state index in [0.29, 0.717) is 27.0 Å². The SMILES string of the molecule is COc1ccccc1-c1cnccc1C(=O)Nc1nnc(C(C)c2ccc(Cl)cc2)s1. The number of carbonyl (C=O) groups is 1. The van der Waals surface area contributed by atoms with Crippen LogP contribution in [0.15, 0.2) is 67.0 Å². The lowest BCUT2D eigenvalue weighted by atomic mass is 10.0. The number of nitrogens with one attached hydrogen (secondary N) is 1. The number of rotatable bonds is 6. The molecule has 0 aliphatic rings. The fourth-order valence-corrected chi connectivity index (χ4v) is 4.14. The molecule has 0 saturated heterocycles. The minimum Gasteiger partial charge on any atom is -0.496 e. The molecule has 2 aromatic carbocycles. The Morgan fingerprint density at radius 3 is 2.61 bits per heavy atom. The third-order valence-corrected chi connectivity index (χ3v) is 6.14. The Hall–Kier alpha value is -3.29. The molecule has 0 bridgehead atoms. The fraction of sp³-hybridized carbons (Fsp3) is 0.130. The number of amides is 1. The van der Waals surface area contributed by atoms with Crippen LogP contribution in [0.1, 0.15) is 33.8 Å². The molecule has 1 atom stereocenters. The highest BCUT2D eigenvalue weighted by atomic mass is 35.5. The smallest absolute Gasteiger partial charge is 0.258 e. The predicted octanol–water partition coefficient (Wildman–Crippen LogP) is 5.67. The van der Waals surface area contributed by atoms with Gasteiger partial charge in [0.15, 0.2) is 0 Å². The molecule has 31 heavy (non-hydrogen) atoms. The van der Waals surface area contributed by atoms with Crippen molar-refractivity contribution in [2.24, 2.45) is 0 Å². The van der Waals surface area contributed by atoms with Gasteiger partial charge < -0.3 is 4.74 Å². The van der Waals surface area contributed by atoms with E-state index in [2.05, 4.69) is 20.5 Å². The van der Waals surface area contributed by atoms with E-state index in [9.17, 15) is 4.79 Å². The van der Waals surface area contributed by atoms with Crippen molar-refractivity contribution in [1.82, 2.24) is 15.2 Å². The summed E-state index contributed by atoms with van der Waals surface area (Å²) in [6.45, 7) is 2.04. The molecule has 1 N–H and O–H groups in total. The predicted molar refractivity (Wildman–Crippen MR) is 123 cm³/mol. The first-order valence-electron chi connectivity index (χ1n) is 9.54. The minimum atomic E-state index is -0.287. The van der Waals surface area contributed by atoms with Crippen molar-refractivity contribution in [3.8, 4) is 16.9 Å². The number of anilines is 1. The van der Waals surface area contributed by atoms with Gasteiger partial charge in [0.05, 0.1) is 12.7 Å². The average molecular weight is 451 g/mol. The van der Waals surface area contributed by atoms with Crippen LogP contribution in [-0.4, -0.2) is 28.2 Å². The molecule has 4 rings (SSSR count). The summed E-state index contributed by atoms with van der Waals surface area (Å²) in [4.78, 5) is 17.2. The summed E-state index contributed by atoms with van der Waals surface area (Å²) in [6, 6.07) is 16.8. The van der Waals surface area contributed by atoms with Gasteiger partial charge in [-0.05, 0) is 29.8 Å². The minimum absolute atomic E-state index is 0.0329. The number of nitrogens with zero attached hydrogens (tertiary/aromatic N) is 3. The van der Waals surface area contributed by atoms with E-state index in [1.165, 1.54) is 11.3 Å². The van der Waals surface area contributed by atoms with Gasteiger partial charge in [-0.15, -0.1) is 10.2 Å². The zero-order chi connectivity index (χ0) is 21.8. The van der Waals surface area contributed by atoms with Crippen LogP contribution < -0.4 is 10.1 Å². The standard InChI is InChI=1S/C23H19ClN4O2S/c1-14(15-7-9-16(24)10-8-15)22-27-28-23(31-22)26-21(29)18-11-12-25-13-19(18)17-5-3-4-6-20(17)30-2/h3-14H,1-2H3,(H,26,28,29). The molecular formula is C23H19ClN4O2S. The van der Waals surface area contributed by atoms with Gasteiger partial charge in [-0.25, -0.2) is 0 Å². The lowest BCUT2D eigenvalue weighted by Crippen LogP contribution is -2.13. The first kappa shape index (κ1) is 21.0. The Kier molecular flexibility index (Phi) is 6.25. The van der Waals surface area contributed by atoms with Crippen LogP contribution in [0.4, 0.5) is 5.13 Å². The third kappa shape index (κ3) is 4.57. The summed E-state index contributed by atoms with van der Waals surface area (Å²) in [5.74, 6) is 0.412. The number of halogens is 1. The molecular weight excluding hydrogens is 432 g/mol. The number of para-hydroxylation sites is 1. The highest BCUT2D eigenvalue weighted by Crippen LogP contribution is 2.33. The van der Waals surface area contributed by atoms with E-state index in [1.54, 1.807) is 25.6 Å². The van der Waals surface area contributed by atoms with Gasteiger partial charge >= 0.3 is 0 Å². The largest absolute Gasteiger partial charge is 0.496 e. The van der Waals surface area contributed by atoms with E-state index in [1.807, 2.05) is 55.5 Å². The Bertz CT molecular complexity index is 1210. The highest BCUT2D eigenvalue weighted by Gasteiger charge is 2.19. The Morgan fingerprint density at radius 2 is 1.84 bits per heavy atom. The second-order valence-electron chi connectivity index (χ2n) is 6.79. The normalized spacial score (nSPS) is 11.7. The van der Waals surface area contributed by atoms with Gasteiger partial charge in [-0.3, -0.25) is 15.1 Å². The summed E-state index contributed by atoms with van der Waals surface area (Å²) in [7, 11) is 1.60. The van der Waals surface area contributed by atoms with Crippen molar-refractivity contribution >= 4 is 34.0 Å². The van der Waals surface area contributed by atoms with Crippen molar-refractivity contribution in [2.45, 2.75) is 12.8 Å². The summed E-state index contributed by atoms with van der Waals surface area (Å²) in [6.07, 6.45) is 3.24. The monoisotopic (exact) mass is 450 g/mol. The van der Waals surface area contributed by atoms with E-state index in [-0.39, 0.29) is 11.8 Å². The molecule has 0 radical (unpaired) electrons. The molecule has 1 amide bonds. The number of aromatic nitrogens is 3. The Morgan fingerprint density at radius 1 is 1.06 bits per heavy atom. The maximum Gasteiger partial charge on any atom is 0.258 e. The van der Waals surface area contributed by atoms with E-state index < -0.39 is 0 Å². The molecule has 1 unspecified atom stereocenters. The van der Waals surface area contributed by atoms with Crippen molar-refractivity contribution in [3.63, 3.8) is 0 Å². The molecule has 0 aliphatic heterocycles. The summed E-state index contributed by atoms with van der Waals surface area (Å²) < 4.78 is 5.44. The van der Waals surface area contributed by atoms with Crippen molar-refractivity contribution in [1.29, 1.82) is 0 Å². The number of hydrogen-bond acceptors (Lipinski definition) is 6. The molecule has 0 aliphatic carbocycles. The van der Waals surface area contributed by atoms with Gasteiger partial charge in [-0.1, -0.05) is 60.2 Å². The number of hydrogen-bond donors (Lipinski definition) is 1. The lowest BCUT2D eigenvalue weighted by Gasteiger charge is -2.12. The van der Waals surface area contributed by atoms with Crippen LogP contribution >= 0.6 is 22.9 Å². The van der Waals surface area contributed by atoms with E-state index in [4.69, 9.17) is 16.3 Å². The Balaban J connectivity index is 1.57. The van der Waals surface area contributed by atoms with E-state index >= 15 is 0 Å². The first-order chi connectivity index (χ1) is 15.1. The van der Waals surface area contributed by atoms with Gasteiger partial charge in [-0.2, -0.15) is 0 Å². The number of pyridine rings is 1. The lowest BCUT2D eigenvalue weighted by molar-refractivity contribution is 0.102. The van der Waals surface area contributed by atoms with Gasteiger partial charge in [0, 0.05) is 34.5 Å². The zero-order valence-electron chi connectivity index (χ0n) is 16.9. The van der Waals surface area contributed by atoms with Crippen LogP contribution in [0.2, 0.25) is 5.02 Å². The average Bonchev–Trinajstić information content (AvgIpc) is 3.27. The summed E-state index contributed by atoms with van der Waals surface area (Å²) in [5, 5.41) is 13.2. The number of ether oxygens (including phenoxy) is 1. The van der Waals surface area contributed by atoms with Gasteiger partial charge in [0.25, 0.3) is 5.91 Å². The van der Waals surface area contributed by atoms with Crippen LogP contribution in [0.5, 0.6) is 5.75 Å². The quantitative estimate of drug-likeness (QED) is 0.409. The molecule has 156 valence electrons.